The van der Waals surface area contributed by atoms with Gasteiger partial charge < -0.3 is 9.84 Å². The van der Waals surface area contributed by atoms with E-state index in [0.29, 0.717) is 5.57 Å². The second-order valence-corrected chi connectivity index (χ2v) is 5.39. The fourth-order valence-electron chi connectivity index (χ4n) is 0.796. The molecule has 1 aliphatic rings. The molecule has 62 valence electrons. The number of hydrogen-bond donors (Lipinski definition) is 1. The van der Waals surface area contributed by atoms with E-state index >= 15 is 0 Å². The van der Waals surface area contributed by atoms with Crippen LogP contribution in [0, 0.1) is 0 Å². The van der Waals surface area contributed by atoms with Crippen molar-refractivity contribution in [3.63, 3.8) is 0 Å². The van der Waals surface area contributed by atoms with Crippen molar-refractivity contribution >= 4 is 37.8 Å². The van der Waals surface area contributed by atoms with Crippen molar-refractivity contribution < 1.29 is 14.6 Å². The molecule has 1 heterocycles. The van der Waals surface area contributed by atoms with E-state index in [-0.39, 0.29) is 9.50 Å². The van der Waals surface area contributed by atoms with E-state index < -0.39 is 12.1 Å². The number of ether oxygens (including phenoxy) is 1. The topological polar surface area (TPSA) is 46.5 Å². The number of cyclic esters (lactones) is 1. The van der Waals surface area contributed by atoms with Crippen LogP contribution in [-0.2, 0) is 9.53 Å². The normalized spacial score (nSPS) is 24.7. The van der Waals surface area contributed by atoms with Crippen LogP contribution in [0.5, 0.6) is 0 Å². The number of alkyl halides is 2. The van der Waals surface area contributed by atoms with Crippen molar-refractivity contribution in [2.24, 2.45) is 0 Å². The number of esters is 1. The van der Waals surface area contributed by atoms with Crippen molar-refractivity contribution in [3.8, 4) is 0 Å². The van der Waals surface area contributed by atoms with Gasteiger partial charge in [0.1, 0.15) is 9.84 Å². The smallest absolute Gasteiger partial charge is 0.374 e. The van der Waals surface area contributed by atoms with Gasteiger partial charge in [0.05, 0.1) is 0 Å². The molecule has 3 nitrogen and oxygen atoms in total. The Morgan fingerprint density at radius 3 is 2.36 bits per heavy atom. The van der Waals surface area contributed by atoms with E-state index in [4.69, 9.17) is 9.84 Å². The van der Waals surface area contributed by atoms with E-state index in [2.05, 4.69) is 31.9 Å². The number of halogens is 2. The number of carbonyl (C=O) groups is 1. The minimum absolute atomic E-state index is 0.149. The molecule has 11 heavy (non-hydrogen) atoms. The number of aliphatic hydroxyl groups excluding tert-OH is 1. The largest absolute Gasteiger partial charge is 0.502 e. The first-order chi connectivity index (χ1) is 5.04. The summed E-state index contributed by atoms with van der Waals surface area (Å²) in [7, 11) is 0. The molecule has 1 rings (SSSR count). The molecular formula is C6H6Br2O3. The summed E-state index contributed by atoms with van der Waals surface area (Å²) >= 11 is 6.38. The minimum Gasteiger partial charge on any atom is -0.502 e. The molecule has 0 saturated heterocycles. The molecule has 5 heteroatoms. The average molecular weight is 286 g/mol. The second kappa shape index (κ2) is 3.15. The molecule has 0 fully saturated rings. The van der Waals surface area contributed by atoms with E-state index in [1.54, 1.807) is 6.92 Å². The minimum atomic E-state index is -0.656. The van der Waals surface area contributed by atoms with Crippen molar-refractivity contribution in [2.75, 3.05) is 0 Å². The molecule has 0 aromatic carbocycles. The first-order valence-corrected chi connectivity index (χ1v) is 4.76. The zero-order valence-electron chi connectivity index (χ0n) is 5.67. The molecule has 1 N–H and O–H groups in total. The van der Waals surface area contributed by atoms with E-state index in [1.165, 1.54) is 0 Å². The number of rotatable bonds is 1. The van der Waals surface area contributed by atoms with E-state index in [0.717, 1.165) is 0 Å². The van der Waals surface area contributed by atoms with Crippen LogP contribution in [0.4, 0.5) is 0 Å². The lowest BCUT2D eigenvalue weighted by Gasteiger charge is -2.10. The van der Waals surface area contributed by atoms with Crippen LogP contribution in [0.1, 0.15) is 6.92 Å². The Morgan fingerprint density at radius 2 is 2.18 bits per heavy atom. The fraction of sp³-hybridized carbons (Fsp3) is 0.500. The lowest BCUT2D eigenvalue weighted by molar-refractivity contribution is -0.141. The highest BCUT2D eigenvalue weighted by molar-refractivity contribution is 9.24. The standard InChI is InChI=1S/C6H6Br2O3/c1-2-3(9)6(10)11-4(2)5(7)8/h4-5,9H,1H3/t4-/m1/s1. The Labute approximate surface area is 80.7 Å². The maximum Gasteiger partial charge on any atom is 0.374 e. The Kier molecular flexibility index (Phi) is 2.59. The summed E-state index contributed by atoms with van der Waals surface area (Å²) in [6.07, 6.45) is -0.400. The predicted octanol–water partition coefficient (Wildman–Crippen LogP) is 1.86. The summed E-state index contributed by atoms with van der Waals surface area (Å²) < 4.78 is 4.64. The lowest BCUT2D eigenvalue weighted by atomic mass is 10.2. The molecule has 0 aromatic heterocycles. The fourth-order valence-corrected chi connectivity index (χ4v) is 1.80. The van der Waals surface area contributed by atoms with Gasteiger partial charge in [0.2, 0.25) is 5.76 Å². The van der Waals surface area contributed by atoms with Crippen molar-refractivity contribution in [3.05, 3.63) is 11.3 Å². The van der Waals surface area contributed by atoms with E-state index in [1.807, 2.05) is 0 Å². The highest BCUT2D eigenvalue weighted by atomic mass is 79.9. The summed E-state index contributed by atoms with van der Waals surface area (Å²) in [5, 5.41) is 9.05. The third-order valence-electron chi connectivity index (χ3n) is 1.46. The lowest BCUT2D eigenvalue weighted by Crippen LogP contribution is -2.17. The van der Waals surface area contributed by atoms with Gasteiger partial charge in [-0.3, -0.25) is 0 Å². The molecule has 0 radical (unpaired) electrons. The number of carbonyl (C=O) groups excluding carboxylic acids is 1. The predicted molar refractivity (Wildman–Crippen MR) is 46.9 cm³/mol. The quantitative estimate of drug-likeness (QED) is 0.591. The third-order valence-corrected chi connectivity index (χ3v) is 2.42. The van der Waals surface area contributed by atoms with Gasteiger partial charge >= 0.3 is 5.97 Å². The Morgan fingerprint density at radius 1 is 1.64 bits per heavy atom. The molecule has 0 unspecified atom stereocenters. The van der Waals surface area contributed by atoms with Crippen LogP contribution >= 0.6 is 31.9 Å². The van der Waals surface area contributed by atoms with Crippen LogP contribution in [0.2, 0.25) is 0 Å². The van der Waals surface area contributed by atoms with Crippen LogP contribution in [0.15, 0.2) is 11.3 Å². The SMILES string of the molecule is CC1=C(O)C(=O)O[C@H]1C(Br)Br. The molecular weight excluding hydrogens is 280 g/mol. The van der Waals surface area contributed by atoms with Crippen molar-refractivity contribution in [2.45, 2.75) is 16.8 Å². The molecule has 1 atom stereocenters. The maximum absolute atomic E-state index is 10.7. The van der Waals surface area contributed by atoms with Gasteiger partial charge in [-0.2, -0.15) is 0 Å². The second-order valence-electron chi connectivity index (χ2n) is 2.19. The summed E-state index contributed by atoms with van der Waals surface area (Å²) in [6.45, 7) is 1.65. The van der Waals surface area contributed by atoms with Crippen LogP contribution in [0.3, 0.4) is 0 Å². The summed E-state index contributed by atoms with van der Waals surface area (Å²) in [6, 6.07) is 0. The van der Waals surface area contributed by atoms with Gasteiger partial charge in [-0.05, 0) is 6.92 Å². The summed E-state index contributed by atoms with van der Waals surface area (Å²) in [5.41, 5.74) is 0.550. The first kappa shape index (κ1) is 9.06. The van der Waals surface area contributed by atoms with Gasteiger partial charge in [-0.25, -0.2) is 4.79 Å². The van der Waals surface area contributed by atoms with Crippen molar-refractivity contribution in [1.82, 2.24) is 0 Å². The van der Waals surface area contributed by atoms with Gasteiger partial charge in [0.25, 0.3) is 0 Å². The van der Waals surface area contributed by atoms with E-state index in [9.17, 15) is 4.79 Å². The molecule has 0 aromatic rings. The van der Waals surface area contributed by atoms with Crippen molar-refractivity contribution in [1.29, 1.82) is 0 Å². The Balaban J connectivity index is 2.86. The molecule has 0 bridgehead atoms. The molecule has 0 spiro atoms. The number of hydrogen-bond acceptors (Lipinski definition) is 3. The van der Waals surface area contributed by atoms with Crippen LogP contribution < -0.4 is 0 Å². The summed E-state index contributed by atoms with van der Waals surface area (Å²) in [4.78, 5) is 10.7. The van der Waals surface area contributed by atoms with Crippen LogP contribution in [-0.4, -0.2) is 20.9 Å². The first-order valence-electron chi connectivity index (χ1n) is 2.93. The van der Waals surface area contributed by atoms with Gasteiger partial charge in [-0.1, -0.05) is 31.9 Å². The molecule has 0 saturated carbocycles. The third kappa shape index (κ3) is 1.59. The van der Waals surface area contributed by atoms with Gasteiger partial charge in [-0.15, -0.1) is 0 Å². The molecule has 0 amide bonds. The maximum atomic E-state index is 10.7. The highest BCUT2D eigenvalue weighted by Crippen LogP contribution is 2.29. The Hall–Kier alpha value is -0.0300. The number of aliphatic hydroxyl groups is 1. The zero-order valence-corrected chi connectivity index (χ0v) is 8.85. The summed E-state index contributed by atoms with van der Waals surface area (Å²) in [5.74, 6) is -0.935. The van der Waals surface area contributed by atoms with Crippen LogP contribution in [0.25, 0.3) is 0 Å². The van der Waals surface area contributed by atoms with Gasteiger partial charge in [0, 0.05) is 5.57 Å². The average Bonchev–Trinajstić information content (AvgIpc) is 2.17. The zero-order chi connectivity index (χ0) is 8.59. The monoisotopic (exact) mass is 284 g/mol. The van der Waals surface area contributed by atoms with Gasteiger partial charge in [0.15, 0.2) is 0 Å². The highest BCUT2D eigenvalue weighted by Gasteiger charge is 2.34. The molecule has 1 aliphatic heterocycles. The molecule has 0 aliphatic carbocycles. The Bertz CT molecular complexity index is 222.